The number of nitrogens with one attached hydrogen (secondary N) is 1. The monoisotopic (exact) mass is 277 g/mol. The van der Waals surface area contributed by atoms with E-state index in [1.807, 2.05) is 24.3 Å². The smallest absolute Gasteiger partial charge is 0.287 e. The Balaban J connectivity index is 1.82. The molecule has 0 fully saturated rings. The van der Waals surface area contributed by atoms with E-state index in [0.717, 1.165) is 11.1 Å². The Labute approximate surface area is 115 Å². The summed E-state index contributed by atoms with van der Waals surface area (Å²) in [6.45, 7) is 0. The van der Waals surface area contributed by atoms with Crippen molar-refractivity contribution >= 4 is 17.5 Å². The van der Waals surface area contributed by atoms with Gasteiger partial charge in [0.2, 0.25) is 0 Å². The molecule has 0 spiro atoms. The van der Waals surface area contributed by atoms with Crippen LogP contribution >= 0.6 is 11.6 Å². The van der Waals surface area contributed by atoms with E-state index in [1.54, 1.807) is 0 Å². The molecule has 1 aliphatic carbocycles. The first-order chi connectivity index (χ1) is 9.15. The maximum Gasteiger partial charge on any atom is 0.287 e. The predicted molar refractivity (Wildman–Crippen MR) is 70.1 cm³/mol. The van der Waals surface area contributed by atoms with Gasteiger partial charge in [0.25, 0.3) is 5.91 Å². The number of hydrogen-bond acceptors (Lipinski definition) is 3. The number of carbonyl (C=O) groups is 1. The van der Waals surface area contributed by atoms with Gasteiger partial charge in [-0.15, -0.1) is 0 Å². The first kappa shape index (κ1) is 12.3. The van der Waals surface area contributed by atoms with Gasteiger partial charge in [-0.3, -0.25) is 4.79 Å². The van der Waals surface area contributed by atoms with Crippen LogP contribution in [-0.4, -0.2) is 17.1 Å². The van der Waals surface area contributed by atoms with Crippen LogP contribution in [-0.2, 0) is 6.42 Å². The standard InChI is InChI=1S/C14H12ClNO3/c15-12-6-5-11(19-12)14(18)16-13-9-4-2-1-3-8(9)7-10(13)17/h1-6,10,13,17H,7H2,(H,16,18). The highest BCUT2D eigenvalue weighted by molar-refractivity contribution is 6.29. The summed E-state index contributed by atoms with van der Waals surface area (Å²) < 4.78 is 5.05. The number of aliphatic hydroxyl groups is 1. The fourth-order valence-corrected chi connectivity index (χ4v) is 2.54. The molecule has 4 nitrogen and oxygen atoms in total. The number of fused-ring (bicyclic) bond motifs is 1. The van der Waals surface area contributed by atoms with E-state index in [9.17, 15) is 9.90 Å². The zero-order valence-corrected chi connectivity index (χ0v) is 10.7. The van der Waals surface area contributed by atoms with Gasteiger partial charge in [0.1, 0.15) is 0 Å². The second-order valence-electron chi connectivity index (χ2n) is 4.53. The Kier molecular flexibility index (Phi) is 3.05. The first-order valence-corrected chi connectivity index (χ1v) is 6.35. The molecule has 0 bridgehead atoms. The quantitative estimate of drug-likeness (QED) is 0.885. The summed E-state index contributed by atoms with van der Waals surface area (Å²) in [6, 6.07) is 10.3. The van der Waals surface area contributed by atoms with Gasteiger partial charge in [0, 0.05) is 6.42 Å². The van der Waals surface area contributed by atoms with Crippen molar-refractivity contribution in [2.45, 2.75) is 18.6 Å². The van der Waals surface area contributed by atoms with Gasteiger partial charge in [-0.05, 0) is 34.9 Å². The van der Waals surface area contributed by atoms with E-state index in [-0.39, 0.29) is 16.9 Å². The second kappa shape index (κ2) is 4.72. The highest BCUT2D eigenvalue weighted by Crippen LogP contribution is 2.31. The highest BCUT2D eigenvalue weighted by atomic mass is 35.5. The lowest BCUT2D eigenvalue weighted by molar-refractivity contribution is 0.0832. The Bertz CT molecular complexity index is 623. The van der Waals surface area contributed by atoms with Crippen molar-refractivity contribution in [3.8, 4) is 0 Å². The van der Waals surface area contributed by atoms with Crippen molar-refractivity contribution in [3.05, 3.63) is 58.5 Å². The van der Waals surface area contributed by atoms with Crippen LogP contribution in [0.3, 0.4) is 0 Å². The zero-order valence-electron chi connectivity index (χ0n) is 9.97. The lowest BCUT2D eigenvalue weighted by atomic mass is 10.1. The van der Waals surface area contributed by atoms with E-state index in [1.165, 1.54) is 12.1 Å². The molecule has 1 amide bonds. The van der Waals surface area contributed by atoms with Crippen molar-refractivity contribution in [3.63, 3.8) is 0 Å². The van der Waals surface area contributed by atoms with Crippen LogP contribution in [0.25, 0.3) is 0 Å². The largest absolute Gasteiger partial charge is 0.440 e. The molecule has 98 valence electrons. The van der Waals surface area contributed by atoms with Crippen LogP contribution in [0.5, 0.6) is 0 Å². The molecule has 1 aliphatic rings. The lowest BCUT2D eigenvalue weighted by Gasteiger charge is -2.17. The fraction of sp³-hybridized carbons (Fsp3) is 0.214. The van der Waals surface area contributed by atoms with Gasteiger partial charge in [-0.1, -0.05) is 24.3 Å². The summed E-state index contributed by atoms with van der Waals surface area (Å²) in [7, 11) is 0. The minimum absolute atomic E-state index is 0.140. The molecular weight excluding hydrogens is 266 g/mol. The van der Waals surface area contributed by atoms with Crippen molar-refractivity contribution in [1.82, 2.24) is 5.32 Å². The van der Waals surface area contributed by atoms with Crippen molar-refractivity contribution < 1.29 is 14.3 Å². The van der Waals surface area contributed by atoms with Gasteiger partial charge in [0.15, 0.2) is 11.0 Å². The minimum Gasteiger partial charge on any atom is -0.440 e. The molecule has 2 N–H and O–H groups in total. The molecule has 0 saturated heterocycles. The Morgan fingerprint density at radius 1 is 1.32 bits per heavy atom. The molecule has 0 saturated carbocycles. The summed E-state index contributed by atoms with van der Waals surface area (Å²) in [5.41, 5.74) is 2.00. The first-order valence-electron chi connectivity index (χ1n) is 5.97. The molecule has 0 radical (unpaired) electrons. The molecule has 1 heterocycles. The fourth-order valence-electron chi connectivity index (χ4n) is 2.40. The number of halogens is 1. The van der Waals surface area contributed by atoms with Gasteiger partial charge in [-0.2, -0.15) is 0 Å². The molecule has 0 aliphatic heterocycles. The molecule has 1 aromatic heterocycles. The van der Waals surface area contributed by atoms with Crippen LogP contribution in [0.4, 0.5) is 0 Å². The number of carbonyl (C=O) groups excluding carboxylic acids is 1. The lowest BCUT2D eigenvalue weighted by Crippen LogP contribution is -2.33. The van der Waals surface area contributed by atoms with Crippen molar-refractivity contribution in [2.24, 2.45) is 0 Å². The Morgan fingerprint density at radius 3 is 2.84 bits per heavy atom. The highest BCUT2D eigenvalue weighted by Gasteiger charge is 2.32. The van der Waals surface area contributed by atoms with E-state index < -0.39 is 12.1 Å². The molecule has 1 aromatic carbocycles. The van der Waals surface area contributed by atoms with Gasteiger partial charge in [-0.25, -0.2) is 0 Å². The SMILES string of the molecule is O=C(NC1c2ccccc2CC1O)c1ccc(Cl)o1. The number of furan rings is 1. The number of amides is 1. The van der Waals surface area contributed by atoms with Gasteiger partial charge in [0.05, 0.1) is 12.1 Å². The summed E-state index contributed by atoms with van der Waals surface area (Å²) in [6.07, 6.45) is -0.0770. The van der Waals surface area contributed by atoms with E-state index in [2.05, 4.69) is 5.32 Å². The molecule has 2 aromatic rings. The van der Waals surface area contributed by atoms with Gasteiger partial charge < -0.3 is 14.8 Å². The number of hydrogen-bond donors (Lipinski definition) is 2. The number of rotatable bonds is 2. The summed E-state index contributed by atoms with van der Waals surface area (Å²) in [5.74, 6) is -0.241. The van der Waals surface area contributed by atoms with Crippen LogP contribution < -0.4 is 5.32 Å². The van der Waals surface area contributed by atoms with Crippen molar-refractivity contribution in [2.75, 3.05) is 0 Å². The predicted octanol–water partition coefficient (Wildman–Crippen LogP) is 2.32. The average Bonchev–Trinajstić information content (AvgIpc) is 2.95. The number of benzene rings is 1. The Morgan fingerprint density at radius 2 is 2.11 bits per heavy atom. The third kappa shape index (κ3) is 2.25. The molecule has 3 rings (SSSR count). The normalized spacial score (nSPS) is 21.2. The topological polar surface area (TPSA) is 62.5 Å². The second-order valence-corrected chi connectivity index (χ2v) is 4.90. The number of aliphatic hydroxyl groups excluding tert-OH is 1. The van der Waals surface area contributed by atoms with Crippen LogP contribution in [0.15, 0.2) is 40.8 Å². The average molecular weight is 278 g/mol. The molecular formula is C14H12ClNO3. The van der Waals surface area contributed by atoms with E-state index in [0.29, 0.717) is 6.42 Å². The third-order valence-electron chi connectivity index (χ3n) is 3.29. The molecule has 2 unspecified atom stereocenters. The van der Waals surface area contributed by atoms with Crippen LogP contribution in [0.1, 0.15) is 27.7 Å². The van der Waals surface area contributed by atoms with Crippen LogP contribution in [0.2, 0.25) is 5.22 Å². The van der Waals surface area contributed by atoms with E-state index >= 15 is 0 Å². The summed E-state index contributed by atoms with van der Waals surface area (Å²) in [5, 5.41) is 13.0. The molecule has 2 atom stereocenters. The van der Waals surface area contributed by atoms with Crippen molar-refractivity contribution in [1.29, 1.82) is 0 Å². The maximum absolute atomic E-state index is 12.0. The van der Waals surface area contributed by atoms with Crippen LogP contribution in [0, 0.1) is 0 Å². The summed E-state index contributed by atoms with van der Waals surface area (Å²) in [4.78, 5) is 12.0. The van der Waals surface area contributed by atoms with E-state index in [4.69, 9.17) is 16.0 Å². The zero-order chi connectivity index (χ0) is 13.4. The molecule has 5 heteroatoms. The summed E-state index contributed by atoms with van der Waals surface area (Å²) >= 11 is 5.63. The maximum atomic E-state index is 12.0. The Hall–Kier alpha value is -1.78. The van der Waals surface area contributed by atoms with Gasteiger partial charge >= 0.3 is 0 Å². The third-order valence-corrected chi connectivity index (χ3v) is 3.49. The minimum atomic E-state index is -0.619. The molecule has 19 heavy (non-hydrogen) atoms.